The molecule has 0 radical (unpaired) electrons. The van der Waals surface area contributed by atoms with E-state index in [1.165, 1.54) is 11.0 Å². The van der Waals surface area contributed by atoms with Crippen molar-refractivity contribution in [2.45, 2.75) is 19.4 Å². The van der Waals surface area contributed by atoms with Gasteiger partial charge in [-0.15, -0.1) is 0 Å². The van der Waals surface area contributed by atoms with Crippen molar-refractivity contribution in [2.24, 2.45) is 0 Å². The van der Waals surface area contributed by atoms with Gasteiger partial charge in [0.2, 0.25) is 0 Å². The summed E-state index contributed by atoms with van der Waals surface area (Å²) in [6, 6.07) is -0.0428. The van der Waals surface area contributed by atoms with Gasteiger partial charge < -0.3 is 5.11 Å². The van der Waals surface area contributed by atoms with E-state index in [0.717, 1.165) is 0 Å². The highest BCUT2D eigenvalue weighted by molar-refractivity contribution is 4.66. The van der Waals surface area contributed by atoms with Gasteiger partial charge in [0.25, 0.3) is 0 Å². The quantitative estimate of drug-likeness (QED) is 0.622. The standard InChI is InChI=1S/C6H11N3O2/c1-5(2-3-10)9-6(11)7-4-8-9/h4-5,10H,2-3H2,1H3,(H,7,8,11)/t5-/m0/s1. The summed E-state index contributed by atoms with van der Waals surface area (Å²) in [7, 11) is 0. The Morgan fingerprint density at radius 3 is 3.09 bits per heavy atom. The Labute approximate surface area is 63.7 Å². The number of aromatic amines is 1. The van der Waals surface area contributed by atoms with Gasteiger partial charge in [0.05, 0.1) is 6.04 Å². The van der Waals surface area contributed by atoms with E-state index in [9.17, 15) is 4.79 Å². The molecule has 0 bridgehead atoms. The molecule has 0 aliphatic rings. The zero-order valence-corrected chi connectivity index (χ0v) is 6.32. The second kappa shape index (κ2) is 3.34. The van der Waals surface area contributed by atoms with Crippen LogP contribution in [0.25, 0.3) is 0 Å². The molecule has 2 N–H and O–H groups in total. The van der Waals surface area contributed by atoms with Crippen LogP contribution < -0.4 is 5.69 Å². The minimum absolute atomic E-state index is 0.0428. The van der Waals surface area contributed by atoms with E-state index in [1.54, 1.807) is 0 Å². The Morgan fingerprint density at radius 2 is 2.64 bits per heavy atom. The van der Waals surface area contributed by atoms with Crippen molar-refractivity contribution in [2.75, 3.05) is 6.61 Å². The van der Waals surface area contributed by atoms with Crippen LogP contribution in [0.3, 0.4) is 0 Å². The van der Waals surface area contributed by atoms with E-state index < -0.39 is 0 Å². The first-order valence-corrected chi connectivity index (χ1v) is 3.48. The summed E-state index contributed by atoms with van der Waals surface area (Å²) in [4.78, 5) is 13.3. The van der Waals surface area contributed by atoms with E-state index in [2.05, 4.69) is 10.1 Å². The third kappa shape index (κ3) is 1.68. The van der Waals surface area contributed by atoms with E-state index >= 15 is 0 Å². The lowest BCUT2D eigenvalue weighted by atomic mass is 10.2. The van der Waals surface area contributed by atoms with Crippen LogP contribution in [0.2, 0.25) is 0 Å². The van der Waals surface area contributed by atoms with Gasteiger partial charge in [0, 0.05) is 6.61 Å². The molecule has 0 saturated heterocycles. The molecule has 5 heteroatoms. The van der Waals surface area contributed by atoms with Gasteiger partial charge in [-0.1, -0.05) is 0 Å². The highest BCUT2D eigenvalue weighted by atomic mass is 16.3. The third-order valence-electron chi connectivity index (χ3n) is 1.54. The molecular weight excluding hydrogens is 146 g/mol. The minimum Gasteiger partial charge on any atom is -0.396 e. The number of aliphatic hydroxyl groups excluding tert-OH is 1. The fourth-order valence-corrected chi connectivity index (χ4v) is 0.888. The second-order valence-corrected chi connectivity index (χ2v) is 2.40. The number of H-pyrrole nitrogens is 1. The summed E-state index contributed by atoms with van der Waals surface area (Å²) in [5, 5.41) is 12.3. The van der Waals surface area contributed by atoms with Crippen LogP contribution in [-0.4, -0.2) is 26.5 Å². The van der Waals surface area contributed by atoms with Gasteiger partial charge in [-0.3, -0.25) is 4.98 Å². The Bertz CT molecular complexity index is 265. The molecule has 0 aliphatic heterocycles. The Kier molecular flexibility index (Phi) is 2.43. The summed E-state index contributed by atoms with van der Waals surface area (Å²) in [5.41, 5.74) is -0.231. The zero-order chi connectivity index (χ0) is 8.27. The Morgan fingerprint density at radius 1 is 1.91 bits per heavy atom. The maximum absolute atomic E-state index is 10.9. The Balaban J connectivity index is 2.75. The summed E-state index contributed by atoms with van der Waals surface area (Å²) in [6.45, 7) is 1.90. The molecule has 0 unspecified atom stereocenters. The number of rotatable bonds is 3. The lowest BCUT2D eigenvalue weighted by molar-refractivity contribution is 0.256. The van der Waals surface area contributed by atoms with Crippen LogP contribution in [0.15, 0.2) is 11.1 Å². The van der Waals surface area contributed by atoms with Crippen molar-refractivity contribution in [1.82, 2.24) is 14.8 Å². The summed E-state index contributed by atoms with van der Waals surface area (Å²) >= 11 is 0. The number of hydrogen-bond donors (Lipinski definition) is 2. The normalized spacial score (nSPS) is 13.3. The topological polar surface area (TPSA) is 70.9 Å². The summed E-state index contributed by atoms with van der Waals surface area (Å²) in [5.74, 6) is 0. The van der Waals surface area contributed by atoms with Crippen LogP contribution in [-0.2, 0) is 0 Å². The monoisotopic (exact) mass is 157 g/mol. The molecular formula is C6H11N3O2. The zero-order valence-electron chi connectivity index (χ0n) is 6.32. The van der Waals surface area contributed by atoms with E-state index in [4.69, 9.17) is 5.11 Å². The fraction of sp³-hybridized carbons (Fsp3) is 0.667. The largest absolute Gasteiger partial charge is 0.396 e. The molecule has 62 valence electrons. The molecule has 0 aliphatic carbocycles. The van der Waals surface area contributed by atoms with Crippen molar-refractivity contribution >= 4 is 0 Å². The van der Waals surface area contributed by atoms with Crippen LogP contribution >= 0.6 is 0 Å². The molecule has 5 nitrogen and oxygen atoms in total. The first-order valence-electron chi connectivity index (χ1n) is 3.48. The molecule has 0 amide bonds. The van der Waals surface area contributed by atoms with Gasteiger partial charge in [0.1, 0.15) is 6.33 Å². The van der Waals surface area contributed by atoms with Gasteiger partial charge in [-0.05, 0) is 13.3 Å². The maximum Gasteiger partial charge on any atom is 0.343 e. The third-order valence-corrected chi connectivity index (χ3v) is 1.54. The molecule has 11 heavy (non-hydrogen) atoms. The van der Waals surface area contributed by atoms with Crippen LogP contribution in [0.5, 0.6) is 0 Å². The van der Waals surface area contributed by atoms with E-state index in [0.29, 0.717) is 6.42 Å². The molecule has 1 rings (SSSR count). The van der Waals surface area contributed by atoms with Crippen molar-refractivity contribution in [3.05, 3.63) is 16.8 Å². The highest BCUT2D eigenvalue weighted by Gasteiger charge is 2.06. The average molecular weight is 157 g/mol. The molecule has 0 spiro atoms. The summed E-state index contributed by atoms with van der Waals surface area (Å²) in [6.07, 6.45) is 1.89. The molecule has 0 fully saturated rings. The molecule has 0 saturated carbocycles. The molecule has 1 heterocycles. The first-order chi connectivity index (χ1) is 5.25. The minimum atomic E-state index is -0.231. The van der Waals surface area contributed by atoms with Crippen LogP contribution in [0, 0.1) is 0 Å². The number of hydrogen-bond acceptors (Lipinski definition) is 3. The number of nitrogens with one attached hydrogen (secondary N) is 1. The van der Waals surface area contributed by atoms with Crippen molar-refractivity contribution in [1.29, 1.82) is 0 Å². The highest BCUT2D eigenvalue weighted by Crippen LogP contribution is 2.02. The SMILES string of the molecule is C[C@@H](CCO)n1nc[nH]c1=O. The molecule has 0 aromatic carbocycles. The predicted octanol–water partition coefficient (Wildman–Crippen LogP) is -0.485. The van der Waals surface area contributed by atoms with Gasteiger partial charge in [0.15, 0.2) is 0 Å². The number of aliphatic hydroxyl groups is 1. The number of nitrogens with zero attached hydrogens (tertiary/aromatic N) is 2. The van der Waals surface area contributed by atoms with Gasteiger partial charge >= 0.3 is 5.69 Å². The van der Waals surface area contributed by atoms with Crippen molar-refractivity contribution in [3.63, 3.8) is 0 Å². The van der Waals surface area contributed by atoms with Crippen LogP contribution in [0.1, 0.15) is 19.4 Å². The predicted molar refractivity (Wildman–Crippen MR) is 39.3 cm³/mol. The molecule has 1 aromatic heterocycles. The molecule has 1 aromatic rings. The smallest absolute Gasteiger partial charge is 0.343 e. The molecule has 1 atom stereocenters. The number of aromatic nitrogens is 3. The lowest BCUT2D eigenvalue weighted by Gasteiger charge is -2.06. The summed E-state index contributed by atoms with van der Waals surface area (Å²) < 4.78 is 1.32. The first kappa shape index (κ1) is 8.00. The van der Waals surface area contributed by atoms with Crippen molar-refractivity contribution < 1.29 is 5.11 Å². The van der Waals surface area contributed by atoms with Crippen LogP contribution in [0.4, 0.5) is 0 Å². The van der Waals surface area contributed by atoms with E-state index in [-0.39, 0.29) is 18.3 Å². The lowest BCUT2D eigenvalue weighted by Crippen LogP contribution is -2.22. The van der Waals surface area contributed by atoms with Gasteiger partial charge in [-0.25, -0.2) is 9.48 Å². The Hall–Kier alpha value is -1.10. The van der Waals surface area contributed by atoms with Crippen molar-refractivity contribution in [3.8, 4) is 0 Å². The van der Waals surface area contributed by atoms with E-state index in [1.807, 2.05) is 6.92 Å². The second-order valence-electron chi connectivity index (χ2n) is 2.40. The van der Waals surface area contributed by atoms with Gasteiger partial charge in [-0.2, -0.15) is 5.10 Å². The fourth-order valence-electron chi connectivity index (χ4n) is 0.888. The maximum atomic E-state index is 10.9. The average Bonchev–Trinajstić information content (AvgIpc) is 2.36.